The Morgan fingerprint density at radius 1 is 1.33 bits per heavy atom. The van der Waals surface area contributed by atoms with E-state index in [4.69, 9.17) is 0 Å². The summed E-state index contributed by atoms with van der Waals surface area (Å²) in [5.74, 6) is -0.139. The van der Waals surface area contributed by atoms with Crippen LogP contribution in [0.4, 0.5) is 0 Å². The van der Waals surface area contributed by atoms with Crippen molar-refractivity contribution in [3.05, 3.63) is 46.0 Å². The Morgan fingerprint density at radius 3 is 2.78 bits per heavy atom. The maximum Gasteiger partial charge on any atom is 0.347 e. The van der Waals surface area contributed by atoms with E-state index >= 15 is 0 Å². The summed E-state index contributed by atoms with van der Waals surface area (Å²) in [6.07, 6.45) is 0. The molecule has 0 aliphatic heterocycles. The fourth-order valence-corrected chi connectivity index (χ4v) is 2.26. The van der Waals surface area contributed by atoms with E-state index < -0.39 is 0 Å². The molecule has 90 valence electrons. The van der Waals surface area contributed by atoms with E-state index in [1.54, 1.807) is 0 Å². The number of Topliss-reactive ketones (excluding diaryl/α,β-unsaturated/α-hetero) is 1. The van der Waals surface area contributed by atoms with Gasteiger partial charge in [-0.15, -0.1) is 0 Å². The lowest BCUT2D eigenvalue weighted by Gasteiger charge is -2.00. The number of aryl methyl sites for hydroxylation is 1. The minimum absolute atomic E-state index is 0.139. The predicted molar refractivity (Wildman–Crippen MR) is 68.1 cm³/mol. The Bertz CT molecular complexity index is 842. The summed E-state index contributed by atoms with van der Waals surface area (Å²) in [7, 11) is 0. The molecule has 2 heterocycles. The molecule has 3 rings (SSSR count). The van der Waals surface area contributed by atoms with Crippen molar-refractivity contribution < 1.29 is 4.79 Å². The number of carbonyl (C=O) groups excluding carboxylic acids is 1. The van der Waals surface area contributed by atoms with Gasteiger partial charge in [-0.2, -0.15) is 9.61 Å². The summed E-state index contributed by atoms with van der Waals surface area (Å²) >= 11 is 0. The molecule has 0 atom stereocenters. The first-order valence-corrected chi connectivity index (χ1v) is 5.61. The topological polar surface area (TPSA) is 67.2 Å². The van der Waals surface area contributed by atoms with Gasteiger partial charge in [-0.1, -0.05) is 18.2 Å². The first kappa shape index (κ1) is 10.7. The summed E-state index contributed by atoms with van der Waals surface area (Å²) in [6, 6.07) is 7.47. The van der Waals surface area contributed by atoms with E-state index in [0.717, 1.165) is 16.5 Å². The second-order valence-corrected chi connectivity index (χ2v) is 4.27. The second kappa shape index (κ2) is 3.53. The fraction of sp³-hybridized carbons (Fsp3) is 0.154. The molecule has 5 heteroatoms. The monoisotopic (exact) mass is 241 g/mol. The van der Waals surface area contributed by atoms with Gasteiger partial charge in [0, 0.05) is 17.9 Å². The zero-order valence-corrected chi connectivity index (χ0v) is 10.0. The number of carbonyl (C=O) groups is 1. The molecular weight excluding hydrogens is 230 g/mol. The van der Waals surface area contributed by atoms with Crippen molar-refractivity contribution in [3.8, 4) is 0 Å². The van der Waals surface area contributed by atoms with Crippen LogP contribution in [0.2, 0.25) is 0 Å². The molecule has 0 aliphatic carbocycles. The van der Waals surface area contributed by atoms with Crippen LogP contribution < -0.4 is 5.69 Å². The highest BCUT2D eigenvalue weighted by Gasteiger charge is 2.16. The number of aromatic nitrogens is 3. The van der Waals surface area contributed by atoms with E-state index in [1.807, 2.05) is 31.2 Å². The Hall–Kier alpha value is -2.43. The fourth-order valence-electron chi connectivity index (χ4n) is 2.26. The van der Waals surface area contributed by atoms with Crippen LogP contribution in [0.1, 0.15) is 23.0 Å². The maximum absolute atomic E-state index is 11.9. The van der Waals surface area contributed by atoms with Gasteiger partial charge in [0.2, 0.25) is 0 Å². The highest BCUT2D eigenvalue weighted by atomic mass is 16.1. The van der Waals surface area contributed by atoms with Crippen LogP contribution in [-0.2, 0) is 0 Å². The van der Waals surface area contributed by atoms with Gasteiger partial charge in [0.15, 0.2) is 5.78 Å². The summed E-state index contributed by atoms with van der Waals surface area (Å²) < 4.78 is 1.26. The number of hydrogen-bond donors (Lipinski definition) is 1. The van der Waals surface area contributed by atoms with Gasteiger partial charge in [-0.3, -0.25) is 4.79 Å². The largest absolute Gasteiger partial charge is 0.347 e. The van der Waals surface area contributed by atoms with Crippen LogP contribution in [0.15, 0.2) is 29.1 Å². The minimum atomic E-state index is -0.334. The lowest BCUT2D eigenvalue weighted by Crippen LogP contribution is -2.17. The molecule has 0 bridgehead atoms. The summed E-state index contributed by atoms with van der Waals surface area (Å²) in [5, 5.41) is 4.97. The average Bonchev–Trinajstić information content (AvgIpc) is 2.69. The van der Waals surface area contributed by atoms with Gasteiger partial charge < -0.3 is 4.98 Å². The molecule has 1 aromatic carbocycles. The normalized spacial score (nSPS) is 11.2. The van der Waals surface area contributed by atoms with Crippen LogP contribution in [0.3, 0.4) is 0 Å². The maximum atomic E-state index is 11.9. The highest BCUT2D eigenvalue weighted by Crippen LogP contribution is 2.21. The first-order valence-electron chi connectivity index (χ1n) is 5.61. The van der Waals surface area contributed by atoms with E-state index in [-0.39, 0.29) is 11.5 Å². The third kappa shape index (κ3) is 1.30. The van der Waals surface area contributed by atoms with Crippen molar-refractivity contribution in [2.75, 3.05) is 0 Å². The quantitative estimate of drug-likeness (QED) is 0.659. The van der Waals surface area contributed by atoms with Crippen LogP contribution in [0.25, 0.3) is 16.4 Å². The first-order chi connectivity index (χ1) is 8.59. The van der Waals surface area contributed by atoms with Crippen molar-refractivity contribution in [1.29, 1.82) is 0 Å². The van der Waals surface area contributed by atoms with E-state index in [0.29, 0.717) is 11.2 Å². The zero-order valence-electron chi connectivity index (χ0n) is 10.0. The Kier molecular flexibility index (Phi) is 2.10. The van der Waals surface area contributed by atoms with Crippen molar-refractivity contribution >= 4 is 22.2 Å². The molecule has 0 fully saturated rings. The number of para-hydroxylation sites is 1. The van der Waals surface area contributed by atoms with Crippen molar-refractivity contribution in [1.82, 2.24) is 14.6 Å². The second-order valence-electron chi connectivity index (χ2n) is 4.27. The Morgan fingerprint density at radius 2 is 2.06 bits per heavy atom. The molecule has 0 saturated carbocycles. The van der Waals surface area contributed by atoms with Gasteiger partial charge in [0.05, 0.1) is 11.0 Å². The van der Waals surface area contributed by atoms with Crippen molar-refractivity contribution in [2.45, 2.75) is 13.8 Å². The van der Waals surface area contributed by atoms with Crippen LogP contribution in [0.5, 0.6) is 0 Å². The average molecular weight is 241 g/mol. The van der Waals surface area contributed by atoms with Crippen LogP contribution >= 0.6 is 0 Å². The molecule has 0 saturated heterocycles. The lowest BCUT2D eigenvalue weighted by atomic mass is 10.1. The Labute approximate surface area is 102 Å². The van der Waals surface area contributed by atoms with E-state index in [9.17, 15) is 9.59 Å². The lowest BCUT2D eigenvalue weighted by molar-refractivity contribution is 0.101. The number of nitrogens with one attached hydrogen (secondary N) is 1. The SMILES string of the molecule is CC(=O)c1nn2c(=O)[nH]c3ccccc3c2c1C. The molecule has 0 radical (unpaired) electrons. The Balaban J connectivity index is 2.63. The molecule has 0 spiro atoms. The van der Waals surface area contributed by atoms with Crippen LogP contribution in [-0.4, -0.2) is 20.4 Å². The third-order valence-corrected chi connectivity index (χ3v) is 3.07. The van der Waals surface area contributed by atoms with E-state index in [2.05, 4.69) is 10.1 Å². The number of benzene rings is 1. The molecule has 18 heavy (non-hydrogen) atoms. The minimum Gasteiger partial charge on any atom is -0.305 e. The predicted octanol–water partition coefficient (Wildman–Crippen LogP) is 1.69. The van der Waals surface area contributed by atoms with Crippen molar-refractivity contribution in [3.63, 3.8) is 0 Å². The molecule has 5 nitrogen and oxygen atoms in total. The number of aromatic amines is 1. The van der Waals surface area contributed by atoms with Crippen LogP contribution in [0, 0.1) is 6.92 Å². The van der Waals surface area contributed by atoms with Gasteiger partial charge >= 0.3 is 5.69 Å². The molecular formula is C13H11N3O2. The number of ketones is 1. The number of nitrogens with zero attached hydrogens (tertiary/aromatic N) is 2. The van der Waals surface area contributed by atoms with Gasteiger partial charge in [0.25, 0.3) is 0 Å². The smallest absolute Gasteiger partial charge is 0.305 e. The number of fused-ring (bicyclic) bond motifs is 3. The molecule has 0 amide bonds. The number of H-pyrrole nitrogens is 1. The summed E-state index contributed by atoms with van der Waals surface area (Å²) in [4.78, 5) is 26.2. The van der Waals surface area contributed by atoms with Gasteiger partial charge in [0.1, 0.15) is 5.69 Å². The zero-order chi connectivity index (χ0) is 12.9. The molecule has 0 aliphatic rings. The highest BCUT2D eigenvalue weighted by molar-refractivity contribution is 6.01. The molecule has 3 aromatic rings. The molecule has 0 unspecified atom stereocenters. The molecule has 2 aromatic heterocycles. The van der Waals surface area contributed by atoms with Gasteiger partial charge in [-0.25, -0.2) is 4.79 Å². The summed E-state index contributed by atoms with van der Waals surface area (Å²) in [5.41, 5.74) is 2.19. The summed E-state index contributed by atoms with van der Waals surface area (Å²) in [6.45, 7) is 3.26. The third-order valence-electron chi connectivity index (χ3n) is 3.07. The number of rotatable bonds is 1. The van der Waals surface area contributed by atoms with Crippen molar-refractivity contribution in [2.24, 2.45) is 0 Å². The number of hydrogen-bond acceptors (Lipinski definition) is 3. The van der Waals surface area contributed by atoms with Gasteiger partial charge in [-0.05, 0) is 13.0 Å². The van der Waals surface area contributed by atoms with E-state index in [1.165, 1.54) is 11.4 Å². The standard InChI is InChI=1S/C13H11N3O2/c1-7-11(8(2)17)15-16-12(7)9-5-3-4-6-10(9)14-13(16)18/h3-6H,1-2H3,(H,14,18). The molecule has 1 N–H and O–H groups in total.